The molecule has 1 amide bonds. The quantitative estimate of drug-likeness (QED) is 0.691. The van der Waals surface area contributed by atoms with Crippen LogP contribution in [0.3, 0.4) is 0 Å². The molecule has 0 fully saturated rings. The number of carbonyl (C=O) groups excluding carboxylic acids is 2. The Kier molecular flexibility index (Phi) is 6.21. The highest BCUT2D eigenvalue weighted by Crippen LogP contribution is 2.33. The summed E-state index contributed by atoms with van der Waals surface area (Å²) in [6.45, 7) is 1.39. The lowest BCUT2D eigenvalue weighted by molar-refractivity contribution is -0.162. The minimum Gasteiger partial charge on any atom is -0.494 e. The molecule has 3 rings (SSSR count). The molecule has 7 nitrogen and oxygen atoms in total. The van der Waals surface area contributed by atoms with Gasteiger partial charge >= 0.3 is 5.97 Å². The van der Waals surface area contributed by atoms with Crippen LogP contribution in [0.5, 0.6) is 17.2 Å². The Morgan fingerprint density at radius 3 is 2.48 bits per heavy atom. The van der Waals surface area contributed by atoms with Crippen molar-refractivity contribution in [2.45, 2.75) is 25.7 Å². The standard InChI is InChI=1S/C21H22FNO6/c1-13-20(29-18-7-5-4-6-17(18)28-13)21(25)27-12-19(24)23(2)11-14-8-9-16(26-3)15(22)10-14/h4-10,13,20H,11-12H2,1-3H3. The third-order valence-corrected chi connectivity index (χ3v) is 4.47. The third-order valence-electron chi connectivity index (χ3n) is 4.47. The lowest BCUT2D eigenvalue weighted by atomic mass is 10.2. The van der Waals surface area contributed by atoms with Gasteiger partial charge in [0.2, 0.25) is 6.10 Å². The van der Waals surface area contributed by atoms with E-state index in [0.29, 0.717) is 17.1 Å². The van der Waals surface area contributed by atoms with Crippen LogP contribution in [0, 0.1) is 5.82 Å². The number of nitrogens with zero attached hydrogens (tertiary/aromatic N) is 1. The summed E-state index contributed by atoms with van der Waals surface area (Å²) in [5.74, 6) is -0.518. The van der Waals surface area contributed by atoms with Gasteiger partial charge in [0.25, 0.3) is 5.91 Å². The zero-order valence-electron chi connectivity index (χ0n) is 16.4. The summed E-state index contributed by atoms with van der Waals surface area (Å²) in [6.07, 6.45) is -1.54. The number of rotatable bonds is 6. The van der Waals surface area contributed by atoms with Gasteiger partial charge in [0.05, 0.1) is 7.11 Å². The average molecular weight is 403 g/mol. The van der Waals surface area contributed by atoms with Crippen molar-refractivity contribution < 1.29 is 32.9 Å². The number of fused-ring (bicyclic) bond motifs is 1. The van der Waals surface area contributed by atoms with E-state index in [0.717, 1.165) is 0 Å². The van der Waals surface area contributed by atoms with Crippen LogP contribution >= 0.6 is 0 Å². The van der Waals surface area contributed by atoms with Crippen molar-refractivity contribution in [3.63, 3.8) is 0 Å². The molecule has 2 aromatic carbocycles. The molecule has 0 spiro atoms. The fourth-order valence-corrected chi connectivity index (χ4v) is 2.87. The van der Waals surface area contributed by atoms with Crippen LogP contribution in [0.25, 0.3) is 0 Å². The number of ether oxygens (including phenoxy) is 4. The maximum absolute atomic E-state index is 13.8. The van der Waals surface area contributed by atoms with Crippen LogP contribution in [0.4, 0.5) is 4.39 Å². The highest BCUT2D eigenvalue weighted by molar-refractivity contribution is 5.82. The van der Waals surface area contributed by atoms with Crippen molar-refractivity contribution in [3.8, 4) is 17.2 Å². The first-order chi connectivity index (χ1) is 13.9. The van der Waals surface area contributed by atoms with Gasteiger partial charge in [-0.3, -0.25) is 4.79 Å². The van der Waals surface area contributed by atoms with Gasteiger partial charge in [0.15, 0.2) is 29.7 Å². The molecule has 2 aromatic rings. The Balaban J connectivity index is 1.53. The average Bonchev–Trinajstić information content (AvgIpc) is 2.71. The maximum atomic E-state index is 13.8. The predicted octanol–water partition coefficient (Wildman–Crippen LogP) is 2.56. The van der Waals surface area contributed by atoms with E-state index in [9.17, 15) is 14.0 Å². The lowest BCUT2D eigenvalue weighted by Gasteiger charge is -2.30. The first kappa shape index (κ1) is 20.4. The van der Waals surface area contributed by atoms with Crippen LogP contribution in [0.2, 0.25) is 0 Å². The molecular formula is C21H22FNO6. The van der Waals surface area contributed by atoms with Crippen molar-refractivity contribution in [2.24, 2.45) is 0 Å². The molecular weight excluding hydrogens is 381 g/mol. The van der Waals surface area contributed by atoms with E-state index in [1.54, 1.807) is 37.3 Å². The second kappa shape index (κ2) is 8.81. The molecule has 1 aliphatic rings. The number of para-hydroxylation sites is 2. The smallest absolute Gasteiger partial charge is 0.351 e. The summed E-state index contributed by atoms with van der Waals surface area (Å²) in [5, 5.41) is 0. The molecule has 0 aliphatic carbocycles. The van der Waals surface area contributed by atoms with Crippen molar-refractivity contribution in [2.75, 3.05) is 20.8 Å². The Morgan fingerprint density at radius 2 is 1.83 bits per heavy atom. The largest absolute Gasteiger partial charge is 0.494 e. The molecule has 1 aliphatic heterocycles. The van der Waals surface area contributed by atoms with E-state index in [1.807, 2.05) is 0 Å². The van der Waals surface area contributed by atoms with Gasteiger partial charge in [-0.05, 0) is 36.8 Å². The van der Waals surface area contributed by atoms with Gasteiger partial charge in [0.1, 0.15) is 6.10 Å². The molecule has 1 heterocycles. The Bertz CT molecular complexity index is 902. The number of methoxy groups -OCH3 is 1. The van der Waals surface area contributed by atoms with E-state index in [4.69, 9.17) is 18.9 Å². The minimum atomic E-state index is -0.973. The summed E-state index contributed by atoms with van der Waals surface area (Å²) < 4.78 is 35.1. The molecule has 8 heteroatoms. The summed E-state index contributed by atoms with van der Waals surface area (Å²) in [6, 6.07) is 11.4. The number of halogens is 1. The topological polar surface area (TPSA) is 74.3 Å². The number of esters is 1. The number of likely N-dealkylation sites (N-methyl/N-ethyl adjacent to an activating group) is 1. The zero-order chi connectivity index (χ0) is 21.0. The summed E-state index contributed by atoms with van der Waals surface area (Å²) in [4.78, 5) is 26.0. The highest BCUT2D eigenvalue weighted by atomic mass is 19.1. The maximum Gasteiger partial charge on any atom is 0.351 e. The number of amides is 1. The van der Waals surface area contributed by atoms with E-state index in [2.05, 4.69) is 0 Å². The molecule has 0 N–H and O–H groups in total. The fraction of sp³-hybridized carbons (Fsp3) is 0.333. The normalized spacial score (nSPS) is 17.4. The van der Waals surface area contributed by atoms with E-state index in [-0.39, 0.29) is 12.3 Å². The Labute approximate surface area is 167 Å². The molecule has 0 bridgehead atoms. The Hall–Kier alpha value is -3.29. The van der Waals surface area contributed by atoms with Crippen LogP contribution in [0.15, 0.2) is 42.5 Å². The van der Waals surface area contributed by atoms with Crippen molar-refractivity contribution in [3.05, 3.63) is 53.8 Å². The highest BCUT2D eigenvalue weighted by Gasteiger charge is 2.35. The number of benzene rings is 2. The minimum absolute atomic E-state index is 0.127. The van der Waals surface area contributed by atoms with Gasteiger partial charge < -0.3 is 23.8 Å². The monoisotopic (exact) mass is 403 g/mol. The molecule has 0 radical (unpaired) electrons. The van der Waals surface area contributed by atoms with Gasteiger partial charge in [-0.25, -0.2) is 9.18 Å². The molecule has 29 heavy (non-hydrogen) atoms. The molecule has 0 saturated heterocycles. The first-order valence-electron chi connectivity index (χ1n) is 9.04. The number of carbonyl (C=O) groups is 2. The zero-order valence-corrected chi connectivity index (χ0v) is 16.4. The van der Waals surface area contributed by atoms with Crippen LogP contribution in [-0.2, 0) is 20.9 Å². The molecule has 2 unspecified atom stereocenters. The van der Waals surface area contributed by atoms with E-state index >= 15 is 0 Å². The fourth-order valence-electron chi connectivity index (χ4n) is 2.87. The second-order valence-electron chi connectivity index (χ2n) is 6.63. The van der Waals surface area contributed by atoms with Crippen molar-refractivity contribution >= 4 is 11.9 Å². The van der Waals surface area contributed by atoms with Crippen LogP contribution in [0.1, 0.15) is 12.5 Å². The van der Waals surface area contributed by atoms with Crippen molar-refractivity contribution in [1.82, 2.24) is 4.90 Å². The number of hydrogen-bond acceptors (Lipinski definition) is 6. The SMILES string of the molecule is COc1ccc(CN(C)C(=O)COC(=O)C2Oc3ccccc3OC2C)cc1F. The van der Waals surface area contributed by atoms with Gasteiger partial charge in [-0.15, -0.1) is 0 Å². The Morgan fingerprint density at radius 1 is 1.14 bits per heavy atom. The molecule has 0 aromatic heterocycles. The van der Waals surface area contributed by atoms with E-state index < -0.39 is 36.5 Å². The number of hydrogen-bond donors (Lipinski definition) is 0. The summed E-state index contributed by atoms with van der Waals surface area (Å²) in [7, 11) is 2.92. The lowest BCUT2D eigenvalue weighted by Crippen LogP contribution is -2.45. The van der Waals surface area contributed by atoms with Gasteiger partial charge in [-0.1, -0.05) is 18.2 Å². The van der Waals surface area contributed by atoms with Gasteiger partial charge in [-0.2, -0.15) is 0 Å². The molecule has 154 valence electrons. The van der Waals surface area contributed by atoms with Crippen LogP contribution < -0.4 is 14.2 Å². The van der Waals surface area contributed by atoms with Gasteiger partial charge in [0, 0.05) is 13.6 Å². The first-order valence-corrected chi connectivity index (χ1v) is 9.04. The summed E-state index contributed by atoms with van der Waals surface area (Å²) >= 11 is 0. The third kappa shape index (κ3) is 4.77. The second-order valence-corrected chi connectivity index (χ2v) is 6.63. The van der Waals surface area contributed by atoms with E-state index in [1.165, 1.54) is 31.2 Å². The van der Waals surface area contributed by atoms with Crippen LogP contribution in [-0.4, -0.2) is 49.7 Å². The predicted molar refractivity (Wildman–Crippen MR) is 101 cm³/mol. The molecule has 0 saturated carbocycles. The summed E-state index contributed by atoms with van der Waals surface area (Å²) in [5.41, 5.74) is 0.583. The molecule has 2 atom stereocenters. The van der Waals surface area contributed by atoms with Crippen molar-refractivity contribution in [1.29, 1.82) is 0 Å².